The summed E-state index contributed by atoms with van der Waals surface area (Å²) in [5, 5.41) is 32.6. The van der Waals surface area contributed by atoms with E-state index in [0.29, 0.717) is 6.08 Å². The van der Waals surface area contributed by atoms with Crippen molar-refractivity contribution in [3.8, 4) is 0 Å². The first kappa shape index (κ1) is 19.4. The molecule has 4 N–H and O–H groups in total. The summed E-state index contributed by atoms with van der Waals surface area (Å²) >= 11 is 0. The Hall–Kier alpha value is -2.90. The van der Waals surface area contributed by atoms with Crippen LogP contribution in [0.25, 0.3) is 0 Å². The van der Waals surface area contributed by atoms with Crippen LogP contribution in [0.3, 0.4) is 0 Å². The fourth-order valence-electron chi connectivity index (χ4n) is 0.749. The molecule has 0 saturated carbocycles. The number of carboxylic acids is 4. The quantitative estimate of drug-likeness (QED) is 0.413. The molecule has 0 unspecified atom stereocenters. The first-order chi connectivity index (χ1) is 9.20. The molecule has 0 aromatic carbocycles. The Labute approximate surface area is 114 Å². The van der Waals surface area contributed by atoms with Gasteiger partial charge in [-0.3, -0.25) is 4.79 Å². The average Bonchev–Trinajstić information content (AvgIpc) is 2.27. The van der Waals surface area contributed by atoms with E-state index in [1.807, 2.05) is 6.92 Å². The summed E-state index contributed by atoms with van der Waals surface area (Å²) in [6, 6.07) is 0. The van der Waals surface area contributed by atoms with E-state index in [4.69, 9.17) is 20.4 Å². The third-order valence-corrected chi connectivity index (χ3v) is 1.46. The van der Waals surface area contributed by atoms with Crippen LogP contribution in [0.4, 0.5) is 0 Å². The van der Waals surface area contributed by atoms with E-state index in [-0.39, 0.29) is 0 Å². The van der Waals surface area contributed by atoms with E-state index < -0.39 is 35.9 Å². The zero-order valence-corrected chi connectivity index (χ0v) is 10.5. The van der Waals surface area contributed by atoms with Gasteiger partial charge in [-0.15, -0.1) is 0 Å². The molecular weight excluding hydrogens is 272 g/mol. The fourth-order valence-corrected chi connectivity index (χ4v) is 0.749. The van der Waals surface area contributed by atoms with Crippen LogP contribution in [0, 0.1) is 0 Å². The predicted molar refractivity (Wildman–Crippen MR) is 67.2 cm³/mol. The van der Waals surface area contributed by atoms with Crippen molar-refractivity contribution < 1.29 is 39.6 Å². The first-order valence-electron chi connectivity index (χ1n) is 5.11. The standard InChI is InChI=1S/C6H6O6.C6H8O2/c7-4(8)1-3(6(11)12)2-5(9)10;1-2-3-4-5-6(7)8/h1H,2H2,(H,7,8)(H,9,10)(H,11,12);2-5H,1H3,(H,7,8)/b;3-2+,5-4+. The Morgan fingerprint density at radius 3 is 1.75 bits per heavy atom. The van der Waals surface area contributed by atoms with Crippen LogP contribution in [0.15, 0.2) is 36.0 Å². The van der Waals surface area contributed by atoms with Crippen molar-refractivity contribution in [3.05, 3.63) is 36.0 Å². The lowest BCUT2D eigenvalue weighted by Crippen LogP contribution is -2.08. The van der Waals surface area contributed by atoms with Gasteiger partial charge in [-0.05, 0) is 6.92 Å². The molecule has 8 heteroatoms. The van der Waals surface area contributed by atoms with E-state index in [9.17, 15) is 19.2 Å². The van der Waals surface area contributed by atoms with Gasteiger partial charge in [-0.1, -0.05) is 18.2 Å². The van der Waals surface area contributed by atoms with Gasteiger partial charge in [0.1, 0.15) is 0 Å². The van der Waals surface area contributed by atoms with Gasteiger partial charge in [0.15, 0.2) is 0 Å². The van der Waals surface area contributed by atoms with Gasteiger partial charge >= 0.3 is 23.9 Å². The molecule has 0 heterocycles. The van der Waals surface area contributed by atoms with Crippen LogP contribution < -0.4 is 0 Å². The van der Waals surface area contributed by atoms with Crippen LogP contribution in [0.2, 0.25) is 0 Å². The lowest BCUT2D eigenvalue weighted by molar-refractivity contribution is -0.140. The highest BCUT2D eigenvalue weighted by Gasteiger charge is 2.12. The largest absolute Gasteiger partial charge is 0.481 e. The van der Waals surface area contributed by atoms with Crippen molar-refractivity contribution >= 4 is 23.9 Å². The van der Waals surface area contributed by atoms with Crippen molar-refractivity contribution in [1.82, 2.24) is 0 Å². The number of hydrogen-bond acceptors (Lipinski definition) is 4. The van der Waals surface area contributed by atoms with Crippen LogP contribution in [0.5, 0.6) is 0 Å². The molecule has 0 rings (SSSR count). The SMILES string of the molecule is C/C=C/C=C/C(=O)O.O=C(O)C=C(CC(=O)O)C(=O)O. The van der Waals surface area contributed by atoms with Crippen LogP contribution >= 0.6 is 0 Å². The lowest BCUT2D eigenvalue weighted by atomic mass is 10.2. The van der Waals surface area contributed by atoms with Crippen molar-refractivity contribution in [2.24, 2.45) is 0 Å². The molecule has 0 atom stereocenters. The smallest absolute Gasteiger partial charge is 0.332 e. The molecule has 0 saturated heterocycles. The monoisotopic (exact) mass is 286 g/mol. The second-order valence-electron chi connectivity index (χ2n) is 3.11. The fraction of sp³-hybridized carbons (Fsp3) is 0.167. The zero-order chi connectivity index (χ0) is 16.1. The molecule has 8 nitrogen and oxygen atoms in total. The van der Waals surface area contributed by atoms with Crippen molar-refractivity contribution in [3.63, 3.8) is 0 Å². The maximum Gasteiger partial charge on any atom is 0.332 e. The molecule has 0 aromatic rings. The van der Waals surface area contributed by atoms with Gasteiger partial charge < -0.3 is 20.4 Å². The summed E-state index contributed by atoms with van der Waals surface area (Å²) in [6.45, 7) is 1.83. The van der Waals surface area contributed by atoms with E-state index >= 15 is 0 Å². The number of hydrogen-bond donors (Lipinski definition) is 4. The average molecular weight is 286 g/mol. The number of carbonyl (C=O) groups is 4. The molecule has 0 aliphatic carbocycles. The molecule has 20 heavy (non-hydrogen) atoms. The Morgan fingerprint density at radius 1 is 0.900 bits per heavy atom. The Balaban J connectivity index is 0. The second kappa shape index (κ2) is 11.2. The molecule has 0 aromatic heterocycles. The Bertz CT molecular complexity index is 456. The molecule has 0 bridgehead atoms. The Morgan fingerprint density at radius 2 is 1.45 bits per heavy atom. The normalized spacial score (nSPS) is 10.9. The van der Waals surface area contributed by atoms with Crippen molar-refractivity contribution in [2.75, 3.05) is 0 Å². The minimum absolute atomic E-state index is 0.358. The summed E-state index contributed by atoms with van der Waals surface area (Å²) in [4.78, 5) is 39.9. The van der Waals surface area contributed by atoms with Gasteiger partial charge in [0, 0.05) is 12.2 Å². The first-order valence-corrected chi connectivity index (χ1v) is 5.11. The highest BCUT2D eigenvalue weighted by atomic mass is 16.4. The molecule has 0 radical (unpaired) electrons. The van der Waals surface area contributed by atoms with Gasteiger partial charge in [0.05, 0.1) is 12.0 Å². The van der Waals surface area contributed by atoms with Crippen LogP contribution in [-0.2, 0) is 19.2 Å². The van der Waals surface area contributed by atoms with E-state index in [2.05, 4.69) is 0 Å². The third-order valence-electron chi connectivity index (χ3n) is 1.46. The molecule has 0 aliphatic heterocycles. The summed E-state index contributed by atoms with van der Waals surface area (Å²) in [5.41, 5.74) is -0.657. The van der Waals surface area contributed by atoms with E-state index in [1.54, 1.807) is 12.2 Å². The maximum atomic E-state index is 10.2. The van der Waals surface area contributed by atoms with E-state index in [1.165, 1.54) is 6.08 Å². The van der Waals surface area contributed by atoms with Crippen molar-refractivity contribution in [1.29, 1.82) is 0 Å². The molecule has 0 aliphatic rings. The van der Waals surface area contributed by atoms with Gasteiger partial charge in [-0.25, -0.2) is 14.4 Å². The zero-order valence-electron chi connectivity index (χ0n) is 10.5. The third kappa shape index (κ3) is 15.1. The number of carboxylic acid groups (broad SMARTS) is 4. The molecule has 0 amide bonds. The molecular formula is C12H14O8. The summed E-state index contributed by atoms with van der Waals surface area (Å²) in [7, 11) is 0. The second-order valence-corrected chi connectivity index (χ2v) is 3.11. The van der Waals surface area contributed by atoms with Gasteiger partial charge in [0.2, 0.25) is 0 Å². The van der Waals surface area contributed by atoms with Crippen LogP contribution in [-0.4, -0.2) is 44.3 Å². The highest BCUT2D eigenvalue weighted by molar-refractivity contribution is 5.98. The lowest BCUT2D eigenvalue weighted by Gasteiger charge is -1.94. The molecule has 0 spiro atoms. The minimum Gasteiger partial charge on any atom is -0.481 e. The maximum absolute atomic E-state index is 10.2. The number of rotatable bonds is 6. The summed E-state index contributed by atoms with van der Waals surface area (Å²) < 4.78 is 0. The number of allylic oxidation sites excluding steroid dienone is 3. The summed E-state index contributed by atoms with van der Waals surface area (Å²) in [6.07, 6.45) is 5.54. The van der Waals surface area contributed by atoms with Crippen molar-refractivity contribution in [2.45, 2.75) is 13.3 Å². The molecule has 110 valence electrons. The predicted octanol–water partition coefficient (Wildman–Crippen LogP) is 0.760. The number of aliphatic carboxylic acids is 4. The van der Waals surface area contributed by atoms with E-state index in [0.717, 1.165) is 6.08 Å². The molecule has 0 fully saturated rings. The highest BCUT2D eigenvalue weighted by Crippen LogP contribution is 2.00. The minimum atomic E-state index is -1.54. The summed E-state index contributed by atoms with van der Waals surface area (Å²) in [5.74, 6) is -5.32. The Kier molecular flexibility index (Phi) is 10.9. The van der Waals surface area contributed by atoms with Gasteiger partial charge in [0.25, 0.3) is 0 Å². The van der Waals surface area contributed by atoms with Crippen LogP contribution in [0.1, 0.15) is 13.3 Å². The topological polar surface area (TPSA) is 149 Å². The van der Waals surface area contributed by atoms with Gasteiger partial charge in [-0.2, -0.15) is 0 Å².